The van der Waals surface area contributed by atoms with Gasteiger partial charge in [-0.3, -0.25) is 14.5 Å². The highest BCUT2D eigenvalue weighted by atomic mass is 28.3. The molecule has 4 heterocycles. The lowest BCUT2D eigenvalue weighted by molar-refractivity contribution is 0.0576. The Kier molecular flexibility index (Phi) is 11.7. The average Bonchev–Trinajstić information content (AvgIpc) is 3.78. The van der Waals surface area contributed by atoms with Crippen LogP contribution in [0.3, 0.4) is 0 Å². The Hall–Kier alpha value is -6.04. The third kappa shape index (κ3) is 8.64. The summed E-state index contributed by atoms with van der Waals surface area (Å²) in [6, 6.07) is 34.0. The number of aromatic nitrogens is 5. The number of rotatable bonds is 13. The molecule has 1 aliphatic rings. The molecule has 11 heteroatoms. The summed E-state index contributed by atoms with van der Waals surface area (Å²) in [6.07, 6.45) is 6.02. The highest BCUT2D eigenvalue weighted by molar-refractivity contribution is 6.76. The Morgan fingerprint density at radius 1 is 0.933 bits per heavy atom. The molecule has 0 fully saturated rings. The summed E-state index contributed by atoms with van der Waals surface area (Å²) >= 11 is 0. The number of amides is 1. The van der Waals surface area contributed by atoms with Gasteiger partial charge in [0.2, 0.25) is 0 Å². The third-order valence-electron chi connectivity index (χ3n) is 11.4. The van der Waals surface area contributed by atoms with Crippen LogP contribution in [0.4, 0.5) is 10.2 Å². The molecule has 0 aliphatic heterocycles. The van der Waals surface area contributed by atoms with E-state index in [2.05, 4.69) is 30.8 Å². The molecule has 60 heavy (non-hydrogen) atoms. The Labute approximate surface area is 352 Å². The van der Waals surface area contributed by atoms with Gasteiger partial charge in [0.25, 0.3) is 5.91 Å². The molecule has 3 aromatic carbocycles. The molecule has 306 valence electrons. The van der Waals surface area contributed by atoms with Crippen molar-refractivity contribution in [1.82, 2.24) is 29.2 Å². The smallest absolute Gasteiger partial charge is 0.271 e. The quantitative estimate of drug-likeness (QED) is 0.0657. The van der Waals surface area contributed by atoms with Crippen LogP contribution in [-0.2, 0) is 31.5 Å². The second kappa shape index (κ2) is 17.3. The molecule has 0 bridgehead atoms. The molecule has 0 saturated carbocycles. The molecule has 1 amide bonds. The van der Waals surface area contributed by atoms with Crippen LogP contribution in [0.15, 0.2) is 121 Å². The summed E-state index contributed by atoms with van der Waals surface area (Å²) in [5, 5.41) is 4.36. The molecular weight excluding hydrogens is 766 g/mol. The molecule has 0 spiro atoms. The topological polar surface area (TPSA) is 90.4 Å². The standard InChI is InChI=1S/C49H52FN7O2Si/c1-33-27-43-41(53-48(33)54-45(35-15-9-7-10-16-35)36-17-11-8-12-18-36)29-44(57(43)32-59-25-26-60(4,5)6)49(58)56(42-21-13-19-37-20-14-24-51-46(37)42)31-39-23-22-38(28-40(39)50)47-34(2)30-52-55(47)3/h7-12,14-18,20,22-24,27-30,42H,13,19,21,25-26,31-32H2,1-6H3. The van der Waals surface area contributed by atoms with E-state index in [4.69, 9.17) is 19.7 Å². The van der Waals surface area contributed by atoms with Crippen molar-refractivity contribution in [2.24, 2.45) is 12.0 Å². The molecule has 1 atom stereocenters. The van der Waals surface area contributed by atoms with Gasteiger partial charge in [-0.05, 0) is 80.1 Å². The minimum atomic E-state index is -1.39. The number of carbonyl (C=O) groups is 1. The van der Waals surface area contributed by atoms with E-state index in [0.29, 0.717) is 35.6 Å². The summed E-state index contributed by atoms with van der Waals surface area (Å²) in [5.41, 5.74) is 10.4. The van der Waals surface area contributed by atoms with Gasteiger partial charge in [-0.1, -0.05) is 98.5 Å². The first kappa shape index (κ1) is 40.7. The second-order valence-corrected chi connectivity index (χ2v) is 22.6. The van der Waals surface area contributed by atoms with E-state index in [1.165, 1.54) is 0 Å². The summed E-state index contributed by atoms with van der Waals surface area (Å²) in [5.74, 6) is -0.0621. The molecule has 1 aliphatic carbocycles. The number of hydrogen-bond acceptors (Lipinski definition) is 6. The number of hydrogen-bond donors (Lipinski definition) is 0. The van der Waals surface area contributed by atoms with Crippen molar-refractivity contribution < 1.29 is 13.9 Å². The Balaban J connectivity index is 1.24. The fraction of sp³-hybridized carbons (Fsp3) is 0.286. The van der Waals surface area contributed by atoms with E-state index in [1.54, 1.807) is 34.1 Å². The lowest BCUT2D eigenvalue weighted by atomic mass is 9.90. The largest absolute Gasteiger partial charge is 0.361 e. The van der Waals surface area contributed by atoms with E-state index in [1.807, 2.05) is 110 Å². The zero-order valence-corrected chi connectivity index (χ0v) is 36.3. The predicted octanol–water partition coefficient (Wildman–Crippen LogP) is 10.8. The molecule has 0 radical (unpaired) electrons. The zero-order chi connectivity index (χ0) is 42.0. The van der Waals surface area contributed by atoms with E-state index in [-0.39, 0.29) is 31.0 Å². The zero-order valence-electron chi connectivity index (χ0n) is 35.3. The van der Waals surface area contributed by atoms with Crippen LogP contribution < -0.4 is 0 Å². The summed E-state index contributed by atoms with van der Waals surface area (Å²) in [4.78, 5) is 32.4. The minimum Gasteiger partial charge on any atom is -0.361 e. The van der Waals surface area contributed by atoms with Gasteiger partial charge in [-0.25, -0.2) is 14.4 Å². The number of aryl methyl sites for hydroxylation is 4. The maximum absolute atomic E-state index is 16.4. The van der Waals surface area contributed by atoms with Crippen LogP contribution in [0.1, 0.15) is 68.4 Å². The van der Waals surface area contributed by atoms with Crippen molar-refractivity contribution in [2.75, 3.05) is 6.61 Å². The predicted molar refractivity (Wildman–Crippen MR) is 240 cm³/mol. The molecule has 8 rings (SSSR count). The van der Waals surface area contributed by atoms with Crippen molar-refractivity contribution in [3.63, 3.8) is 0 Å². The number of ether oxygens (including phenoxy) is 1. The fourth-order valence-corrected chi connectivity index (χ4v) is 8.90. The van der Waals surface area contributed by atoms with Gasteiger partial charge < -0.3 is 14.2 Å². The molecule has 1 unspecified atom stereocenters. The first-order valence-electron chi connectivity index (χ1n) is 20.8. The number of nitrogens with zero attached hydrogens (tertiary/aromatic N) is 7. The van der Waals surface area contributed by atoms with Crippen LogP contribution in [0.5, 0.6) is 0 Å². The lowest BCUT2D eigenvalue weighted by Gasteiger charge is -2.35. The van der Waals surface area contributed by atoms with Crippen molar-refractivity contribution >= 4 is 36.5 Å². The molecule has 4 aromatic heterocycles. The monoisotopic (exact) mass is 817 g/mol. The van der Waals surface area contributed by atoms with Gasteiger partial charge in [0, 0.05) is 56.7 Å². The Bertz CT molecular complexity index is 2620. The van der Waals surface area contributed by atoms with Crippen molar-refractivity contribution in [3.8, 4) is 11.3 Å². The van der Waals surface area contributed by atoms with E-state index in [0.717, 1.165) is 74.9 Å². The number of fused-ring (bicyclic) bond motifs is 2. The second-order valence-electron chi connectivity index (χ2n) is 17.0. The van der Waals surface area contributed by atoms with Gasteiger partial charge >= 0.3 is 0 Å². The highest BCUT2D eigenvalue weighted by Crippen LogP contribution is 2.37. The Morgan fingerprint density at radius 2 is 1.67 bits per heavy atom. The van der Waals surface area contributed by atoms with Crippen LogP contribution in [0.2, 0.25) is 25.7 Å². The van der Waals surface area contributed by atoms with Crippen molar-refractivity contribution in [3.05, 3.63) is 166 Å². The molecular formula is C49H52FN7O2Si. The van der Waals surface area contributed by atoms with Crippen LogP contribution in [-0.4, -0.2) is 55.5 Å². The minimum absolute atomic E-state index is 0.0491. The maximum Gasteiger partial charge on any atom is 0.271 e. The summed E-state index contributed by atoms with van der Waals surface area (Å²) in [6.45, 7) is 11.7. The van der Waals surface area contributed by atoms with Crippen LogP contribution in [0, 0.1) is 19.7 Å². The number of carbonyl (C=O) groups excluding carboxylic acids is 1. The molecule has 9 nitrogen and oxygen atoms in total. The van der Waals surface area contributed by atoms with Gasteiger partial charge in [-0.15, -0.1) is 0 Å². The van der Waals surface area contributed by atoms with Gasteiger partial charge in [0.1, 0.15) is 18.2 Å². The first-order chi connectivity index (χ1) is 28.9. The lowest BCUT2D eigenvalue weighted by Crippen LogP contribution is -2.38. The number of benzene rings is 3. The summed E-state index contributed by atoms with van der Waals surface area (Å²) in [7, 11) is 0.463. The first-order valence-corrected chi connectivity index (χ1v) is 24.5. The molecule has 0 N–H and O–H groups in total. The van der Waals surface area contributed by atoms with Crippen LogP contribution >= 0.6 is 0 Å². The molecule has 7 aromatic rings. The fourth-order valence-electron chi connectivity index (χ4n) is 8.15. The number of aliphatic imine (C=N–C) groups is 1. The third-order valence-corrected chi connectivity index (χ3v) is 13.1. The van der Waals surface area contributed by atoms with Gasteiger partial charge in [-0.2, -0.15) is 5.10 Å². The van der Waals surface area contributed by atoms with Gasteiger partial charge in [0.15, 0.2) is 5.82 Å². The van der Waals surface area contributed by atoms with Crippen molar-refractivity contribution in [2.45, 2.75) is 78.1 Å². The highest BCUT2D eigenvalue weighted by Gasteiger charge is 2.34. The van der Waals surface area contributed by atoms with Crippen LogP contribution in [0.25, 0.3) is 22.3 Å². The summed E-state index contributed by atoms with van der Waals surface area (Å²) < 4.78 is 26.4. The van der Waals surface area contributed by atoms with Crippen molar-refractivity contribution in [1.29, 1.82) is 0 Å². The Morgan fingerprint density at radius 3 is 2.33 bits per heavy atom. The molecule has 0 saturated heterocycles. The van der Waals surface area contributed by atoms with Gasteiger partial charge in [0.05, 0.1) is 40.4 Å². The number of halogens is 1. The maximum atomic E-state index is 16.4. The average molecular weight is 818 g/mol. The van der Waals surface area contributed by atoms with E-state index < -0.39 is 8.07 Å². The normalized spacial score (nSPS) is 13.9. The van der Waals surface area contributed by atoms with E-state index in [9.17, 15) is 0 Å². The SMILES string of the molecule is Cc1cc2c(cc(C(=O)N(Cc3ccc(-c4c(C)cnn4C)cc3F)C3CCCc4cccnc43)n2COCC[Si](C)(C)C)nc1N=C(c1ccccc1)c1ccccc1. The number of pyridine rings is 2. The van der Waals surface area contributed by atoms with E-state index >= 15 is 9.18 Å².